The van der Waals surface area contributed by atoms with Gasteiger partial charge in [0.15, 0.2) is 0 Å². The fraction of sp³-hybridized carbons (Fsp3) is 0.538. The SMILES string of the molecule is CCNc1ccc(COC2CCOC2)cc1[N+](=O)[O-]. The smallest absolute Gasteiger partial charge is 0.292 e. The quantitative estimate of drug-likeness (QED) is 0.632. The molecule has 2 rings (SSSR count). The molecule has 19 heavy (non-hydrogen) atoms. The first-order valence-corrected chi connectivity index (χ1v) is 6.41. The van der Waals surface area contributed by atoms with Crippen molar-refractivity contribution in [2.45, 2.75) is 26.1 Å². The lowest BCUT2D eigenvalue weighted by molar-refractivity contribution is -0.384. The van der Waals surface area contributed by atoms with Crippen LogP contribution in [-0.4, -0.2) is 30.8 Å². The number of hydrogen-bond donors (Lipinski definition) is 1. The van der Waals surface area contributed by atoms with E-state index in [4.69, 9.17) is 9.47 Å². The van der Waals surface area contributed by atoms with Gasteiger partial charge in [-0.2, -0.15) is 0 Å². The number of nitrogens with one attached hydrogen (secondary N) is 1. The highest BCUT2D eigenvalue weighted by molar-refractivity contribution is 5.62. The second-order valence-corrected chi connectivity index (χ2v) is 4.44. The Bertz CT molecular complexity index is 444. The third kappa shape index (κ3) is 3.65. The number of nitrogens with zero attached hydrogens (tertiary/aromatic N) is 1. The molecule has 1 fully saturated rings. The zero-order valence-electron chi connectivity index (χ0n) is 10.9. The summed E-state index contributed by atoms with van der Waals surface area (Å²) in [4.78, 5) is 10.6. The van der Waals surface area contributed by atoms with Gasteiger partial charge in [0.05, 0.1) is 24.2 Å². The molecule has 1 N–H and O–H groups in total. The van der Waals surface area contributed by atoms with Crippen molar-refractivity contribution in [1.82, 2.24) is 0 Å². The van der Waals surface area contributed by atoms with Crippen molar-refractivity contribution in [3.63, 3.8) is 0 Å². The fourth-order valence-corrected chi connectivity index (χ4v) is 2.02. The summed E-state index contributed by atoms with van der Waals surface area (Å²) < 4.78 is 10.9. The van der Waals surface area contributed by atoms with Gasteiger partial charge in [-0.1, -0.05) is 6.07 Å². The molecule has 1 aliphatic heterocycles. The van der Waals surface area contributed by atoms with E-state index in [-0.39, 0.29) is 16.7 Å². The van der Waals surface area contributed by atoms with Crippen LogP contribution in [0.2, 0.25) is 0 Å². The molecule has 0 amide bonds. The topological polar surface area (TPSA) is 73.6 Å². The Labute approximate surface area is 111 Å². The van der Waals surface area contributed by atoms with E-state index < -0.39 is 0 Å². The molecule has 1 aliphatic rings. The molecule has 0 radical (unpaired) electrons. The maximum atomic E-state index is 11.0. The monoisotopic (exact) mass is 266 g/mol. The molecule has 0 saturated carbocycles. The van der Waals surface area contributed by atoms with Crippen LogP contribution in [0.15, 0.2) is 18.2 Å². The van der Waals surface area contributed by atoms with E-state index in [0.29, 0.717) is 25.4 Å². The standard InChI is InChI=1S/C13H18N2O4/c1-2-14-12-4-3-10(7-13(12)15(16)17)8-19-11-5-6-18-9-11/h3-4,7,11,14H,2,5-6,8-9H2,1H3. The first kappa shape index (κ1) is 13.8. The van der Waals surface area contributed by atoms with E-state index in [2.05, 4.69) is 5.32 Å². The summed E-state index contributed by atoms with van der Waals surface area (Å²) in [6.45, 7) is 4.26. The van der Waals surface area contributed by atoms with Crippen molar-refractivity contribution in [3.8, 4) is 0 Å². The van der Waals surface area contributed by atoms with Crippen molar-refractivity contribution in [2.75, 3.05) is 25.1 Å². The van der Waals surface area contributed by atoms with Gasteiger partial charge in [-0.05, 0) is 25.0 Å². The highest BCUT2D eigenvalue weighted by Gasteiger charge is 2.18. The Kier molecular flexibility index (Phi) is 4.70. The van der Waals surface area contributed by atoms with Gasteiger partial charge in [0.2, 0.25) is 0 Å². The maximum absolute atomic E-state index is 11.0. The predicted octanol–water partition coefficient (Wildman–Crippen LogP) is 2.33. The fourth-order valence-electron chi connectivity index (χ4n) is 2.02. The van der Waals surface area contributed by atoms with E-state index in [9.17, 15) is 10.1 Å². The van der Waals surface area contributed by atoms with Crippen LogP contribution in [0.25, 0.3) is 0 Å². The van der Waals surface area contributed by atoms with Crippen LogP contribution in [0.1, 0.15) is 18.9 Å². The lowest BCUT2D eigenvalue weighted by Gasteiger charge is -2.11. The summed E-state index contributed by atoms with van der Waals surface area (Å²) in [6, 6.07) is 5.14. The number of ether oxygens (including phenoxy) is 2. The molecular formula is C13H18N2O4. The molecular weight excluding hydrogens is 248 g/mol. The highest BCUT2D eigenvalue weighted by atomic mass is 16.6. The molecule has 1 atom stereocenters. The summed E-state index contributed by atoms with van der Waals surface area (Å²) >= 11 is 0. The minimum absolute atomic E-state index is 0.0885. The van der Waals surface area contributed by atoms with E-state index in [1.54, 1.807) is 12.1 Å². The van der Waals surface area contributed by atoms with Crippen molar-refractivity contribution >= 4 is 11.4 Å². The second-order valence-electron chi connectivity index (χ2n) is 4.44. The Morgan fingerprint density at radius 3 is 3.05 bits per heavy atom. The Hall–Kier alpha value is -1.66. The summed E-state index contributed by atoms with van der Waals surface area (Å²) in [6.07, 6.45) is 0.991. The summed E-state index contributed by atoms with van der Waals surface area (Å²) in [5, 5.41) is 14.0. The van der Waals surface area contributed by atoms with Crippen molar-refractivity contribution < 1.29 is 14.4 Å². The third-order valence-electron chi connectivity index (χ3n) is 3.00. The zero-order valence-corrected chi connectivity index (χ0v) is 10.9. The summed E-state index contributed by atoms with van der Waals surface area (Å²) in [5.41, 5.74) is 1.44. The Morgan fingerprint density at radius 1 is 1.58 bits per heavy atom. The molecule has 6 heteroatoms. The first-order chi connectivity index (χ1) is 9.20. The lowest BCUT2D eigenvalue weighted by atomic mass is 10.2. The van der Waals surface area contributed by atoms with Crippen molar-refractivity contribution in [1.29, 1.82) is 0 Å². The molecule has 1 aromatic carbocycles. The van der Waals surface area contributed by atoms with Gasteiger partial charge in [0.25, 0.3) is 5.69 Å². The minimum atomic E-state index is -0.375. The van der Waals surface area contributed by atoms with E-state index >= 15 is 0 Å². The summed E-state index contributed by atoms with van der Waals surface area (Å²) in [5.74, 6) is 0. The number of rotatable bonds is 6. The number of nitro groups is 1. The first-order valence-electron chi connectivity index (χ1n) is 6.41. The molecule has 1 saturated heterocycles. The summed E-state index contributed by atoms with van der Waals surface area (Å²) in [7, 11) is 0. The average molecular weight is 266 g/mol. The Balaban J connectivity index is 2.04. The van der Waals surface area contributed by atoms with E-state index in [1.165, 1.54) is 0 Å². The van der Waals surface area contributed by atoms with Gasteiger partial charge in [0.1, 0.15) is 5.69 Å². The maximum Gasteiger partial charge on any atom is 0.292 e. The van der Waals surface area contributed by atoms with Gasteiger partial charge < -0.3 is 14.8 Å². The van der Waals surface area contributed by atoms with Gasteiger partial charge in [0, 0.05) is 19.2 Å². The number of hydrogen-bond acceptors (Lipinski definition) is 5. The van der Waals surface area contributed by atoms with Crippen LogP contribution in [0.3, 0.4) is 0 Å². The van der Waals surface area contributed by atoms with Gasteiger partial charge in [-0.15, -0.1) is 0 Å². The molecule has 0 bridgehead atoms. The van der Waals surface area contributed by atoms with Gasteiger partial charge >= 0.3 is 0 Å². The lowest BCUT2D eigenvalue weighted by Crippen LogP contribution is -2.12. The van der Waals surface area contributed by atoms with Crippen LogP contribution >= 0.6 is 0 Å². The number of nitro benzene ring substituents is 1. The van der Waals surface area contributed by atoms with Gasteiger partial charge in [-0.3, -0.25) is 10.1 Å². The zero-order chi connectivity index (χ0) is 13.7. The second kappa shape index (κ2) is 6.49. The minimum Gasteiger partial charge on any atom is -0.380 e. The van der Waals surface area contributed by atoms with E-state index in [1.807, 2.05) is 13.0 Å². The van der Waals surface area contributed by atoms with Crippen LogP contribution < -0.4 is 5.32 Å². The van der Waals surface area contributed by atoms with Gasteiger partial charge in [-0.25, -0.2) is 0 Å². The molecule has 0 aromatic heterocycles. The molecule has 0 spiro atoms. The molecule has 1 heterocycles. The normalized spacial score (nSPS) is 18.5. The Morgan fingerprint density at radius 2 is 2.42 bits per heavy atom. The number of benzene rings is 1. The molecule has 1 aromatic rings. The molecule has 1 unspecified atom stereocenters. The largest absolute Gasteiger partial charge is 0.380 e. The van der Waals surface area contributed by atoms with Crippen LogP contribution in [0.4, 0.5) is 11.4 Å². The van der Waals surface area contributed by atoms with Crippen LogP contribution in [0.5, 0.6) is 0 Å². The van der Waals surface area contributed by atoms with Crippen LogP contribution in [0, 0.1) is 10.1 Å². The van der Waals surface area contributed by atoms with Crippen LogP contribution in [-0.2, 0) is 16.1 Å². The number of anilines is 1. The van der Waals surface area contributed by atoms with E-state index in [0.717, 1.165) is 18.6 Å². The predicted molar refractivity (Wildman–Crippen MR) is 71.3 cm³/mol. The molecule has 0 aliphatic carbocycles. The third-order valence-corrected chi connectivity index (χ3v) is 3.00. The highest BCUT2D eigenvalue weighted by Crippen LogP contribution is 2.26. The van der Waals surface area contributed by atoms with Crippen molar-refractivity contribution in [3.05, 3.63) is 33.9 Å². The molecule has 6 nitrogen and oxygen atoms in total. The van der Waals surface area contributed by atoms with Crippen molar-refractivity contribution in [2.24, 2.45) is 0 Å². The molecule has 104 valence electrons. The average Bonchev–Trinajstić information content (AvgIpc) is 2.91.